The number of nitrogens with zero attached hydrogens (tertiary/aromatic N) is 5. The zero-order chi connectivity index (χ0) is 17.2. The number of benzene rings is 1. The van der Waals surface area contributed by atoms with Gasteiger partial charge in [-0.25, -0.2) is 9.97 Å². The molecule has 3 aromatic rings. The molecule has 8 nitrogen and oxygen atoms in total. The third-order valence-corrected chi connectivity index (χ3v) is 4.08. The Kier molecular flexibility index (Phi) is 3.95. The topological polar surface area (TPSA) is 107 Å². The minimum atomic E-state index is 0.157. The molecule has 2 N–H and O–H groups in total. The molecule has 0 radical (unpaired) electrons. The van der Waals surface area contributed by atoms with Gasteiger partial charge in [-0.1, -0.05) is 24.3 Å². The Morgan fingerprint density at radius 2 is 1.92 bits per heavy atom. The molecular formula is C17H16N6O2. The van der Waals surface area contributed by atoms with Crippen molar-refractivity contribution >= 4 is 29.2 Å². The molecular weight excluding hydrogens is 320 g/mol. The maximum atomic E-state index is 11.3. The molecule has 0 atom stereocenters. The van der Waals surface area contributed by atoms with Crippen LogP contribution in [0.25, 0.3) is 22.4 Å². The van der Waals surface area contributed by atoms with Gasteiger partial charge >= 0.3 is 0 Å². The summed E-state index contributed by atoms with van der Waals surface area (Å²) in [6, 6.07) is 7.25. The van der Waals surface area contributed by atoms with Crippen LogP contribution in [0.15, 0.2) is 30.5 Å². The summed E-state index contributed by atoms with van der Waals surface area (Å²) in [7, 11) is 0. The van der Waals surface area contributed by atoms with Crippen LogP contribution in [0.4, 0.5) is 11.8 Å². The first-order valence-electron chi connectivity index (χ1n) is 7.94. The number of anilines is 2. The summed E-state index contributed by atoms with van der Waals surface area (Å²) in [6.07, 6.45) is 2.41. The van der Waals surface area contributed by atoms with Gasteiger partial charge in [0.25, 0.3) is 0 Å². The molecule has 0 unspecified atom stereocenters. The molecule has 1 fully saturated rings. The second-order valence-corrected chi connectivity index (χ2v) is 5.64. The largest absolute Gasteiger partial charge is 0.378 e. The van der Waals surface area contributed by atoms with E-state index in [4.69, 9.17) is 10.5 Å². The second kappa shape index (κ2) is 6.40. The lowest BCUT2D eigenvalue weighted by atomic mass is 10.1. The molecule has 25 heavy (non-hydrogen) atoms. The first-order chi connectivity index (χ1) is 12.3. The molecule has 1 aliphatic rings. The number of aldehydes is 1. The number of ether oxygens (including phenoxy) is 1. The fraction of sp³-hybridized carbons (Fsp3) is 0.235. The van der Waals surface area contributed by atoms with E-state index in [0.717, 1.165) is 11.8 Å². The summed E-state index contributed by atoms with van der Waals surface area (Å²) in [5.41, 5.74) is 8.70. The van der Waals surface area contributed by atoms with Gasteiger partial charge < -0.3 is 15.4 Å². The Morgan fingerprint density at radius 3 is 2.72 bits per heavy atom. The molecule has 4 rings (SSSR count). The molecule has 3 heterocycles. The summed E-state index contributed by atoms with van der Waals surface area (Å²) in [6.45, 7) is 2.63. The maximum absolute atomic E-state index is 11.3. The van der Waals surface area contributed by atoms with Gasteiger partial charge in [-0.15, -0.1) is 0 Å². The number of nitrogen functional groups attached to an aromatic ring is 1. The quantitative estimate of drug-likeness (QED) is 0.714. The summed E-state index contributed by atoms with van der Waals surface area (Å²) >= 11 is 0. The minimum absolute atomic E-state index is 0.157. The van der Waals surface area contributed by atoms with Crippen LogP contribution in [-0.4, -0.2) is 52.5 Å². The fourth-order valence-electron chi connectivity index (χ4n) is 2.87. The Hall–Kier alpha value is -3.13. The minimum Gasteiger partial charge on any atom is -0.378 e. The zero-order valence-corrected chi connectivity index (χ0v) is 13.4. The van der Waals surface area contributed by atoms with Crippen LogP contribution < -0.4 is 10.6 Å². The Morgan fingerprint density at radius 1 is 1.12 bits per heavy atom. The summed E-state index contributed by atoms with van der Waals surface area (Å²) in [5, 5.41) is 0. The number of aromatic nitrogens is 4. The van der Waals surface area contributed by atoms with Crippen LogP contribution in [-0.2, 0) is 4.74 Å². The molecule has 1 aliphatic heterocycles. The van der Waals surface area contributed by atoms with Gasteiger partial charge in [-0.2, -0.15) is 9.97 Å². The number of carbonyl (C=O) groups excluding carboxylic acids is 1. The molecule has 126 valence electrons. The van der Waals surface area contributed by atoms with Crippen molar-refractivity contribution in [3.8, 4) is 11.3 Å². The van der Waals surface area contributed by atoms with Crippen molar-refractivity contribution in [2.75, 3.05) is 36.9 Å². The van der Waals surface area contributed by atoms with Crippen LogP contribution in [0.5, 0.6) is 0 Å². The lowest BCUT2D eigenvalue weighted by Crippen LogP contribution is -2.37. The van der Waals surface area contributed by atoms with E-state index < -0.39 is 0 Å². The van der Waals surface area contributed by atoms with Gasteiger partial charge in [0.05, 0.1) is 25.1 Å². The smallest absolute Gasteiger partial charge is 0.224 e. The van der Waals surface area contributed by atoms with Crippen LogP contribution in [0.3, 0.4) is 0 Å². The number of hydrogen-bond acceptors (Lipinski definition) is 8. The van der Waals surface area contributed by atoms with E-state index in [-0.39, 0.29) is 5.95 Å². The number of morpholine rings is 1. The number of fused-ring (bicyclic) bond motifs is 1. The molecule has 8 heteroatoms. The van der Waals surface area contributed by atoms with Crippen LogP contribution >= 0.6 is 0 Å². The molecule has 0 bridgehead atoms. The van der Waals surface area contributed by atoms with Crippen molar-refractivity contribution < 1.29 is 9.53 Å². The Balaban J connectivity index is 1.89. The van der Waals surface area contributed by atoms with Crippen molar-refractivity contribution in [1.29, 1.82) is 0 Å². The maximum Gasteiger partial charge on any atom is 0.224 e. The van der Waals surface area contributed by atoms with Crippen molar-refractivity contribution in [2.45, 2.75) is 0 Å². The van der Waals surface area contributed by atoms with Crippen LogP contribution in [0, 0.1) is 0 Å². The van der Waals surface area contributed by atoms with Crippen molar-refractivity contribution in [2.24, 2.45) is 0 Å². The summed E-state index contributed by atoms with van der Waals surface area (Å²) in [4.78, 5) is 31.0. The molecule has 0 aliphatic carbocycles. The summed E-state index contributed by atoms with van der Waals surface area (Å²) < 4.78 is 5.40. The lowest BCUT2D eigenvalue weighted by molar-refractivity contribution is 0.112. The fourth-order valence-corrected chi connectivity index (χ4v) is 2.87. The van der Waals surface area contributed by atoms with Gasteiger partial charge in [-0.05, 0) is 0 Å². The molecule has 1 aromatic carbocycles. The average Bonchev–Trinajstić information content (AvgIpc) is 2.67. The van der Waals surface area contributed by atoms with E-state index >= 15 is 0 Å². The average molecular weight is 336 g/mol. The molecule has 2 aromatic heterocycles. The first kappa shape index (κ1) is 15.4. The van der Waals surface area contributed by atoms with Crippen LogP contribution in [0.1, 0.15) is 10.4 Å². The highest BCUT2D eigenvalue weighted by Gasteiger charge is 2.19. The second-order valence-electron chi connectivity index (χ2n) is 5.64. The van der Waals surface area contributed by atoms with Gasteiger partial charge in [0.1, 0.15) is 0 Å². The zero-order valence-electron chi connectivity index (χ0n) is 13.4. The van der Waals surface area contributed by atoms with E-state index in [1.807, 2.05) is 18.2 Å². The summed E-state index contributed by atoms with van der Waals surface area (Å²) in [5.74, 6) is 0.799. The van der Waals surface area contributed by atoms with Crippen LogP contribution in [0.2, 0.25) is 0 Å². The van der Waals surface area contributed by atoms with Gasteiger partial charge in [-0.3, -0.25) is 4.79 Å². The highest BCUT2D eigenvalue weighted by atomic mass is 16.5. The van der Waals surface area contributed by atoms with E-state index in [1.165, 1.54) is 0 Å². The van der Waals surface area contributed by atoms with Gasteiger partial charge in [0.15, 0.2) is 23.3 Å². The van der Waals surface area contributed by atoms with Crippen molar-refractivity contribution in [1.82, 2.24) is 19.9 Å². The predicted octanol–water partition coefficient (Wildman–Crippen LogP) is 1.32. The SMILES string of the molecule is Nc1nc(N2CCOCC2)c2nc(-c3ccccc3C=O)cnc2n1. The molecule has 0 saturated carbocycles. The normalized spacial score (nSPS) is 14.6. The molecule has 1 saturated heterocycles. The van der Waals surface area contributed by atoms with E-state index in [2.05, 4.69) is 24.8 Å². The highest BCUT2D eigenvalue weighted by Crippen LogP contribution is 2.27. The molecule has 0 spiro atoms. The highest BCUT2D eigenvalue weighted by molar-refractivity contribution is 5.89. The number of hydrogen-bond donors (Lipinski definition) is 1. The van der Waals surface area contributed by atoms with Gasteiger partial charge in [0.2, 0.25) is 5.95 Å². The third-order valence-electron chi connectivity index (χ3n) is 4.08. The monoisotopic (exact) mass is 336 g/mol. The first-order valence-corrected chi connectivity index (χ1v) is 7.94. The number of rotatable bonds is 3. The third kappa shape index (κ3) is 2.87. The number of nitrogens with two attached hydrogens (primary N) is 1. The van der Waals surface area contributed by atoms with E-state index in [1.54, 1.807) is 12.3 Å². The van der Waals surface area contributed by atoms with E-state index in [0.29, 0.717) is 54.5 Å². The van der Waals surface area contributed by atoms with Crippen molar-refractivity contribution in [3.05, 3.63) is 36.0 Å². The Bertz CT molecular complexity index is 940. The molecule has 0 amide bonds. The standard InChI is InChI=1S/C17H16N6O2/c18-17-21-15-14(16(22-17)23-5-7-25-8-6-23)20-13(9-19-15)12-4-2-1-3-11(12)10-24/h1-4,9-10H,5-8H2,(H2,18,19,21,22). The number of carbonyl (C=O) groups is 1. The van der Waals surface area contributed by atoms with Gasteiger partial charge in [0, 0.05) is 24.2 Å². The predicted molar refractivity (Wildman–Crippen MR) is 93.4 cm³/mol. The lowest BCUT2D eigenvalue weighted by Gasteiger charge is -2.28. The van der Waals surface area contributed by atoms with Crippen molar-refractivity contribution in [3.63, 3.8) is 0 Å². The van der Waals surface area contributed by atoms with E-state index in [9.17, 15) is 4.79 Å². The Labute approximate surface area is 143 Å².